The lowest BCUT2D eigenvalue weighted by atomic mass is 9.73. The molecule has 2 amide bonds. The Hall–Kier alpha value is -2.90. The SMILES string of the molecule is Nc1cc(C(=O)N2CCC[C@]3(CCC(=O)N(Cc4ccccn4)C3)C2)[nH]n1. The molecule has 8 nitrogen and oxygen atoms in total. The summed E-state index contributed by atoms with van der Waals surface area (Å²) in [5.41, 5.74) is 6.88. The van der Waals surface area contributed by atoms with Crippen molar-refractivity contribution in [1.29, 1.82) is 0 Å². The number of nitrogens with two attached hydrogens (primary N) is 1. The molecule has 2 saturated heterocycles. The van der Waals surface area contributed by atoms with Gasteiger partial charge in [-0.25, -0.2) is 0 Å². The number of carbonyl (C=O) groups is 2. The molecular formula is C19H24N6O2. The molecule has 27 heavy (non-hydrogen) atoms. The number of H-pyrrole nitrogens is 1. The van der Waals surface area contributed by atoms with E-state index >= 15 is 0 Å². The van der Waals surface area contributed by atoms with E-state index in [2.05, 4.69) is 15.2 Å². The number of nitrogens with one attached hydrogen (secondary N) is 1. The molecule has 8 heteroatoms. The van der Waals surface area contributed by atoms with Crippen LogP contribution >= 0.6 is 0 Å². The van der Waals surface area contributed by atoms with Gasteiger partial charge in [0, 0.05) is 43.7 Å². The normalized spacial score (nSPS) is 23.0. The lowest BCUT2D eigenvalue weighted by Gasteiger charge is -2.48. The number of aromatic nitrogens is 3. The third-order valence-corrected chi connectivity index (χ3v) is 5.60. The molecule has 0 aliphatic carbocycles. The molecule has 2 fully saturated rings. The first-order chi connectivity index (χ1) is 13.0. The molecule has 4 rings (SSSR count). The monoisotopic (exact) mass is 368 g/mol. The lowest BCUT2D eigenvalue weighted by Crippen LogP contribution is -2.54. The summed E-state index contributed by atoms with van der Waals surface area (Å²) in [6.45, 7) is 2.55. The zero-order valence-corrected chi connectivity index (χ0v) is 15.2. The second kappa shape index (κ2) is 7.02. The molecule has 1 spiro atoms. The number of piperidine rings is 2. The predicted octanol–water partition coefficient (Wildman–Crippen LogP) is 1.43. The molecule has 2 aromatic rings. The first kappa shape index (κ1) is 17.5. The number of hydrogen-bond donors (Lipinski definition) is 2. The summed E-state index contributed by atoms with van der Waals surface area (Å²) in [5, 5.41) is 6.55. The summed E-state index contributed by atoms with van der Waals surface area (Å²) in [5.74, 6) is 0.400. The summed E-state index contributed by atoms with van der Waals surface area (Å²) in [7, 11) is 0. The van der Waals surface area contributed by atoms with Gasteiger partial charge in [0.25, 0.3) is 5.91 Å². The Morgan fingerprint density at radius 2 is 2.19 bits per heavy atom. The second-order valence-electron chi connectivity index (χ2n) is 7.61. The number of nitrogen functional groups attached to an aromatic ring is 1. The van der Waals surface area contributed by atoms with Crippen molar-refractivity contribution in [2.24, 2.45) is 5.41 Å². The maximum atomic E-state index is 12.8. The third-order valence-electron chi connectivity index (χ3n) is 5.60. The standard InChI is InChI=1S/C19H24N6O2/c20-16-10-15(22-23-16)18(27)24-9-3-6-19(12-24)7-5-17(26)25(13-19)11-14-4-1-2-8-21-14/h1-2,4,8,10H,3,5-7,9,11-13H2,(H3,20,22,23)/t19-/m0/s1. The van der Waals surface area contributed by atoms with Crippen LogP contribution in [0.1, 0.15) is 41.9 Å². The van der Waals surface area contributed by atoms with Gasteiger partial charge in [-0.15, -0.1) is 0 Å². The predicted molar refractivity (Wildman–Crippen MR) is 99.5 cm³/mol. The Labute approximate surface area is 157 Å². The fourth-order valence-electron chi connectivity index (χ4n) is 4.27. The van der Waals surface area contributed by atoms with Crippen molar-refractivity contribution in [1.82, 2.24) is 25.0 Å². The molecular weight excluding hydrogens is 344 g/mol. The Morgan fingerprint density at radius 1 is 1.30 bits per heavy atom. The van der Waals surface area contributed by atoms with Gasteiger partial charge < -0.3 is 15.5 Å². The summed E-state index contributed by atoms with van der Waals surface area (Å²) >= 11 is 0. The molecule has 2 aliphatic rings. The molecule has 0 bridgehead atoms. The topological polar surface area (TPSA) is 108 Å². The highest BCUT2D eigenvalue weighted by atomic mass is 16.2. The van der Waals surface area contributed by atoms with Gasteiger partial charge in [-0.2, -0.15) is 5.10 Å². The van der Waals surface area contributed by atoms with E-state index in [0.29, 0.717) is 44.1 Å². The van der Waals surface area contributed by atoms with Crippen molar-refractivity contribution in [3.05, 3.63) is 41.9 Å². The van der Waals surface area contributed by atoms with Gasteiger partial charge in [-0.1, -0.05) is 6.07 Å². The number of nitrogens with zero attached hydrogens (tertiary/aromatic N) is 4. The zero-order valence-electron chi connectivity index (χ0n) is 15.2. The maximum Gasteiger partial charge on any atom is 0.271 e. The van der Waals surface area contributed by atoms with Crippen molar-refractivity contribution in [2.75, 3.05) is 25.4 Å². The molecule has 0 saturated carbocycles. The average Bonchev–Trinajstić information content (AvgIpc) is 3.12. The minimum absolute atomic E-state index is 0.0534. The highest BCUT2D eigenvalue weighted by molar-refractivity contribution is 5.93. The number of carbonyl (C=O) groups excluding carboxylic acids is 2. The summed E-state index contributed by atoms with van der Waals surface area (Å²) < 4.78 is 0. The van der Waals surface area contributed by atoms with Gasteiger partial charge >= 0.3 is 0 Å². The van der Waals surface area contributed by atoms with Crippen molar-refractivity contribution >= 4 is 17.6 Å². The van der Waals surface area contributed by atoms with Crippen LogP contribution in [0, 0.1) is 5.41 Å². The Kier molecular flexibility index (Phi) is 4.55. The molecule has 0 radical (unpaired) electrons. The van der Waals surface area contributed by atoms with Crippen LogP contribution in [0.3, 0.4) is 0 Å². The van der Waals surface area contributed by atoms with Crippen LogP contribution in [0.15, 0.2) is 30.5 Å². The van der Waals surface area contributed by atoms with Crippen molar-refractivity contribution in [2.45, 2.75) is 32.2 Å². The molecule has 4 heterocycles. The number of likely N-dealkylation sites (tertiary alicyclic amines) is 2. The van der Waals surface area contributed by atoms with Crippen LogP contribution < -0.4 is 5.73 Å². The molecule has 2 aromatic heterocycles. The van der Waals surface area contributed by atoms with Gasteiger partial charge in [0.1, 0.15) is 11.5 Å². The summed E-state index contributed by atoms with van der Waals surface area (Å²) in [6.07, 6.45) is 5.04. The van der Waals surface area contributed by atoms with E-state index in [4.69, 9.17) is 5.73 Å². The molecule has 2 aliphatic heterocycles. The Morgan fingerprint density at radius 3 is 2.93 bits per heavy atom. The first-order valence-electron chi connectivity index (χ1n) is 9.33. The number of hydrogen-bond acceptors (Lipinski definition) is 5. The van der Waals surface area contributed by atoms with Crippen molar-refractivity contribution in [3.8, 4) is 0 Å². The minimum atomic E-state index is -0.0774. The molecule has 0 unspecified atom stereocenters. The Bertz CT molecular complexity index is 836. The molecule has 142 valence electrons. The van der Waals surface area contributed by atoms with Crippen LogP contribution in [0.2, 0.25) is 0 Å². The van der Waals surface area contributed by atoms with Gasteiger partial charge in [0.05, 0.1) is 12.2 Å². The Balaban J connectivity index is 1.48. The van der Waals surface area contributed by atoms with E-state index in [9.17, 15) is 9.59 Å². The van der Waals surface area contributed by atoms with Crippen LogP contribution in [-0.2, 0) is 11.3 Å². The van der Waals surface area contributed by atoms with Gasteiger partial charge in [0.15, 0.2) is 0 Å². The van der Waals surface area contributed by atoms with E-state index in [1.807, 2.05) is 28.0 Å². The van der Waals surface area contributed by atoms with Crippen molar-refractivity contribution < 1.29 is 9.59 Å². The van der Waals surface area contributed by atoms with E-state index in [0.717, 1.165) is 25.0 Å². The number of rotatable bonds is 3. The summed E-state index contributed by atoms with van der Waals surface area (Å²) in [4.78, 5) is 33.3. The number of pyridine rings is 1. The molecule has 1 atom stereocenters. The summed E-state index contributed by atoms with van der Waals surface area (Å²) in [6, 6.07) is 7.31. The highest BCUT2D eigenvalue weighted by Crippen LogP contribution is 2.39. The lowest BCUT2D eigenvalue weighted by molar-refractivity contribution is -0.139. The zero-order chi connectivity index (χ0) is 18.9. The highest BCUT2D eigenvalue weighted by Gasteiger charge is 2.43. The number of aromatic amines is 1. The van der Waals surface area contributed by atoms with Gasteiger partial charge in [-0.05, 0) is 31.4 Å². The number of anilines is 1. The van der Waals surface area contributed by atoms with Gasteiger partial charge in [0.2, 0.25) is 5.91 Å². The first-order valence-corrected chi connectivity index (χ1v) is 9.33. The van der Waals surface area contributed by atoms with E-state index in [-0.39, 0.29) is 17.2 Å². The van der Waals surface area contributed by atoms with Crippen LogP contribution in [0.5, 0.6) is 0 Å². The average molecular weight is 368 g/mol. The van der Waals surface area contributed by atoms with Crippen LogP contribution in [0.4, 0.5) is 5.82 Å². The molecule has 0 aromatic carbocycles. The fourth-order valence-corrected chi connectivity index (χ4v) is 4.27. The van der Waals surface area contributed by atoms with Crippen LogP contribution in [0.25, 0.3) is 0 Å². The quantitative estimate of drug-likeness (QED) is 0.852. The third kappa shape index (κ3) is 3.65. The largest absolute Gasteiger partial charge is 0.382 e. The van der Waals surface area contributed by atoms with Crippen LogP contribution in [-0.4, -0.2) is 56.4 Å². The fraction of sp³-hybridized carbons (Fsp3) is 0.474. The van der Waals surface area contributed by atoms with E-state index in [1.165, 1.54) is 0 Å². The van der Waals surface area contributed by atoms with E-state index < -0.39 is 0 Å². The minimum Gasteiger partial charge on any atom is -0.382 e. The van der Waals surface area contributed by atoms with E-state index in [1.54, 1.807) is 12.3 Å². The number of amides is 2. The van der Waals surface area contributed by atoms with Crippen molar-refractivity contribution in [3.63, 3.8) is 0 Å². The maximum absolute atomic E-state index is 12.8. The second-order valence-corrected chi connectivity index (χ2v) is 7.61. The van der Waals surface area contributed by atoms with Gasteiger partial charge in [-0.3, -0.25) is 19.7 Å². The smallest absolute Gasteiger partial charge is 0.271 e. The molecule has 3 N–H and O–H groups in total.